The van der Waals surface area contributed by atoms with E-state index in [1.54, 1.807) is 53.7 Å². The molecular weight excluding hydrogens is 588 g/mol. The summed E-state index contributed by atoms with van der Waals surface area (Å²) >= 11 is 0. The third-order valence-corrected chi connectivity index (χ3v) is 5.66. The molecule has 0 aliphatic rings. The molecule has 14 heteroatoms. The summed E-state index contributed by atoms with van der Waals surface area (Å²) in [6.45, 7) is 14.9. The molecule has 3 atom stereocenters. The Balaban J connectivity index is 2.90. The summed E-state index contributed by atoms with van der Waals surface area (Å²) in [6.07, 6.45) is -1.37. The maximum Gasteiger partial charge on any atom is 0.514 e. The largest absolute Gasteiger partial charge is 0.514 e. The molecule has 14 nitrogen and oxygen atoms in total. The van der Waals surface area contributed by atoms with E-state index >= 15 is 0 Å². The first kappa shape index (κ1) is 38.7. The molecule has 0 spiro atoms. The van der Waals surface area contributed by atoms with Gasteiger partial charge in [0.1, 0.15) is 35.1 Å². The molecule has 252 valence electrons. The minimum Gasteiger partial charge on any atom is -0.467 e. The van der Waals surface area contributed by atoms with Crippen molar-refractivity contribution in [1.29, 1.82) is 0 Å². The number of benzene rings is 1. The average molecular weight is 637 g/mol. The lowest BCUT2D eigenvalue weighted by Gasteiger charge is -2.24. The number of amides is 4. The number of carbonyl (C=O) groups excluding carboxylic acids is 6. The van der Waals surface area contributed by atoms with E-state index in [0.717, 1.165) is 0 Å². The lowest BCUT2D eigenvalue weighted by atomic mass is 10.0. The molecule has 4 N–H and O–H groups in total. The number of esters is 1. The van der Waals surface area contributed by atoms with Crippen LogP contribution >= 0.6 is 0 Å². The number of hydrogen-bond acceptors (Lipinski definition) is 10. The van der Waals surface area contributed by atoms with Gasteiger partial charge >= 0.3 is 18.2 Å². The van der Waals surface area contributed by atoms with E-state index in [9.17, 15) is 28.8 Å². The van der Waals surface area contributed by atoms with E-state index < -0.39 is 71.8 Å². The zero-order valence-corrected chi connectivity index (χ0v) is 27.8. The Morgan fingerprint density at radius 1 is 0.756 bits per heavy atom. The molecule has 0 aromatic heterocycles. The Bertz CT molecular complexity index is 1190. The van der Waals surface area contributed by atoms with Gasteiger partial charge in [-0.2, -0.15) is 0 Å². The van der Waals surface area contributed by atoms with Crippen molar-refractivity contribution < 1.29 is 47.7 Å². The fourth-order valence-corrected chi connectivity index (χ4v) is 3.73. The van der Waals surface area contributed by atoms with Crippen LogP contribution in [0.4, 0.5) is 9.59 Å². The molecule has 4 amide bonds. The molecule has 0 fully saturated rings. The second-order valence-corrected chi connectivity index (χ2v) is 12.8. The van der Waals surface area contributed by atoms with Gasteiger partial charge in [0, 0.05) is 6.42 Å². The second kappa shape index (κ2) is 17.2. The van der Waals surface area contributed by atoms with Crippen molar-refractivity contribution in [2.75, 3.05) is 13.7 Å². The minimum absolute atomic E-state index is 0.000688. The zero-order valence-electron chi connectivity index (χ0n) is 27.8. The Labute approximate surface area is 264 Å². The number of carbonyl (C=O) groups is 6. The zero-order chi connectivity index (χ0) is 34.5. The molecule has 1 rings (SSSR count). The highest BCUT2D eigenvalue weighted by molar-refractivity contribution is 5.93. The molecule has 0 aliphatic heterocycles. The predicted molar refractivity (Wildman–Crippen MR) is 164 cm³/mol. The molecule has 0 saturated heterocycles. The summed E-state index contributed by atoms with van der Waals surface area (Å²) in [7, 11) is 1.22. The van der Waals surface area contributed by atoms with Gasteiger partial charge in [0.05, 0.1) is 13.7 Å². The van der Waals surface area contributed by atoms with Crippen molar-refractivity contribution in [3.05, 3.63) is 29.8 Å². The normalized spacial score (nSPS) is 13.4. The van der Waals surface area contributed by atoms with Crippen LogP contribution in [0.5, 0.6) is 5.75 Å². The number of hydrogen-bond donors (Lipinski definition) is 4. The van der Waals surface area contributed by atoms with Crippen LogP contribution in [0.25, 0.3) is 0 Å². The summed E-state index contributed by atoms with van der Waals surface area (Å²) < 4.78 is 20.3. The molecule has 0 aliphatic carbocycles. The SMILES string of the molecule is COC(=O)[C@H](CC(C)C)NC(=O)CNC(=O)[C@H](C)NC(=O)C(Cc1ccc(OC(=O)OC(C)(C)C)cc1)NC(=O)OC(C)(C)C. The van der Waals surface area contributed by atoms with Crippen LogP contribution in [-0.4, -0.2) is 78.9 Å². The lowest BCUT2D eigenvalue weighted by Crippen LogP contribution is -2.55. The first-order valence-corrected chi connectivity index (χ1v) is 14.6. The fraction of sp³-hybridized carbons (Fsp3) is 0.613. The van der Waals surface area contributed by atoms with Crippen molar-refractivity contribution in [2.45, 2.75) is 104 Å². The topological polar surface area (TPSA) is 187 Å². The molecule has 0 heterocycles. The maximum atomic E-state index is 13.2. The first-order chi connectivity index (χ1) is 20.7. The summed E-state index contributed by atoms with van der Waals surface area (Å²) in [4.78, 5) is 74.7. The van der Waals surface area contributed by atoms with Gasteiger partial charge in [-0.15, -0.1) is 0 Å². The quantitative estimate of drug-likeness (QED) is 0.142. The van der Waals surface area contributed by atoms with E-state index in [2.05, 4.69) is 21.3 Å². The van der Waals surface area contributed by atoms with E-state index in [0.29, 0.717) is 12.0 Å². The van der Waals surface area contributed by atoms with E-state index in [1.165, 1.54) is 26.2 Å². The van der Waals surface area contributed by atoms with Gasteiger partial charge in [-0.05, 0) is 78.5 Å². The highest BCUT2D eigenvalue weighted by atomic mass is 16.7. The van der Waals surface area contributed by atoms with Crippen LogP contribution in [-0.2, 0) is 39.8 Å². The van der Waals surface area contributed by atoms with Crippen molar-refractivity contribution >= 4 is 35.9 Å². The summed E-state index contributed by atoms with van der Waals surface area (Å²) in [5, 5.41) is 10.0. The highest BCUT2D eigenvalue weighted by Crippen LogP contribution is 2.17. The summed E-state index contributed by atoms with van der Waals surface area (Å²) in [6, 6.07) is 3.11. The number of rotatable bonds is 13. The molecule has 0 radical (unpaired) electrons. The smallest absolute Gasteiger partial charge is 0.467 e. The predicted octanol–water partition coefficient (Wildman–Crippen LogP) is 2.76. The van der Waals surface area contributed by atoms with Crippen molar-refractivity contribution in [1.82, 2.24) is 21.3 Å². The number of methoxy groups -OCH3 is 1. The van der Waals surface area contributed by atoms with Crippen molar-refractivity contribution in [3.63, 3.8) is 0 Å². The van der Waals surface area contributed by atoms with Gasteiger partial charge in [0.25, 0.3) is 0 Å². The molecule has 0 bridgehead atoms. The van der Waals surface area contributed by atoms with Gasteiger partial charge < -0.3 is 40.2 Å². The van der Waals surface area contributed by atoms with Crippen LogP contribution in [0.15, 0.2) is 24.3 Å². The molecule has 1 aromatic rings. The van der Waals surface area contributed by atoms with Crippen LogP contribution < -0.4 is 26.0 Å². The van der Waals surface area contributed by atoms with E-state index in [1.807, 2.05) is 13.8 Å². The maximum absolute atomic E-state index is 13.2. The first-order valence-electron chi connectivity index (χ1n) is 14.6. The Morgan fingerprint density at radius 2 is 1.33 bits per heavy atom. The molecule has 1 aromatic carbocycles. The number of nitrogens with one attached hydrogen (secondary N) is 4. The minimum atomic E-state index is -1.16. The van der Waals surface area contributed by atoms with Crippen LogP contribution in [0.1, 0.15) is 74.3 Å². The number of ether oxygens (including phenoxy) is 4. The van der Waals surface area contributed by atoms with Crippen molar-refractivity contribution in [2.24, 2.45) is 5.92 Å². The van der Waals surface area contributed by atoms with Gasteiger partial charge in [-0.25, -0.2) is 14.4 Å². The standard InChI is InChI=1S/C31H48N4O10/c1-18(2)15-23(27(39)42-10)34-24(36)17-32-25(37)19(3)33-26(38)22(35-28(40)44-30(4,5)6)16-20-11-13-21(14-12-20)43-29(41)45-31(7,8)9/h11-14,18-19,22-23H,15-17H2,1-10H3,(H,32,37)(H,33,38)(H,34,36)(H,35,40)/t19-,22?,23-/m0/s1. The third-order valence-electron chi connectivity index (χ3n) is 5.66. The summed E-state index contributed by atoms with van der Waals surface area (Å²) in [5.41, 5.74) is -0.966. The average Bonchev–Trinajstić information content (AvgIpc) is 2.89. The molecule has 45 heavy (non-hydrogen) atoms. The van der Waals surface area contributed by atoms with Gasteiger partial charge in [0.2, 0.25) is 17.7 Å². The Kier molecular flexibility index (Phi) is 14.8. The van der Waals surface area contributed by atoms with E-state index in [-0.39, 0.29) is 18.1 Å². The van der Waals surface area contributed by atoms with E-state index in [4.69, 9.17) is 18.9 Å². The molecule has 1 unspecified atom stereocenters. The fourth-order valence-electron chi connectivity index (χ4n) is 3.73. The second-order valence-electron chi connectivity index (χ2n) is 12.8. The van der Waals surface area contributed by atoms with Crippen molar-refractivity contribution in [3.8, 4) is 5.75 Å². The lowest BCUT2D eigenvalue weighted by molar-refractivity contribution is -0.145. The Hall–Kier alpha value is -4.36. The third kappa shape index (κ3) is 16.3. The van der Waals surface area contributed by atoms with Gasteiger partial charge in [0.15, 0.2) is 0 Å². The Morgan fingerprint density at radius 3 is 1.84 bits per heavy atom. The van der Waals surface area contributed by atoms with Crippen LogP contribution in [0, 0.1) is 5.92 Å². The monoisotopic (exact) mass is 636 g/mol. The summed E-state index contributed by atoms with van der Waals surface area (Å²) in [5.74, 6) is -2.25. The number of alkyl carbamates (subject to hydrolysis) is 1. The van der Waals surface area contributed by atoms with Gasteiger partial charge in [-0.3, -0.25) is 14.4 Å². The highest BCUT2D eigenvalue weighted by Gasteiger charge is 2.28. The molecule has 0 saturated carbocycles. The van der Waals surface area contributed by atoms with Gasteiger partial charge in [-0.1, -0.05) is 26.0 Å². The molecular formula is C31H48N4O10. The van der Waals surface area contributed by atoms with Crippen LogP contribution in [0.2, 0.25) is 0 Å². The van der Waals surface area contributed by atoms with Crippen LogP contribution in [0.3, 0.4) is 0 Å².